The zero-order chi connectivity index (χ0) is 35.0. The first kappa shape index (κ1) is 36.5. The van der Waals surface area contributed by atoms with Gasteiger partial charge in [0.25, 0.3) is 10.0 Å². The first-order valence-corrected chi connectivity index (χ1v) is 17.1. The van der Waals surface area contributed by atoms with Gasteiger partial charge in [0.2, 0.25) is 11.8 Å². The Bertz CT molecular complexity index is 1820. The van der Waals surface area contributed by atoms with Crippen molar-refractivity contribution in [2.45, 2.75) is 43.8 Å². The molecule has 254 valence electrons. The number of carbonyl (C=O) groups is 2. The van der Waals surface area contributed by atoms with E-state index in [0.29, 0.717) is 11.3 Å². The molecular formula is C35H36Cl2FN3O6S. The van der Waals surface area contributed by atoms with Gasteiger partial charge in [-0.25, -0.2) is 12.8 Å². The van der Waals surface area contributed by atoms with E-state index in [0.717, 1.165) is 22.0 Å². The van der Waals surface area contributed by atoms with Gasteiger partial charge >= 0.3 is 0 Å². The van der Waals surface area contributed by atoms with E-state index in [4.69, 9.17) is 32.7 Å². The summed E-state index contributed by atoms with van der Waals surface area (Å²) in [5, 5.41) is 3.41. The van der Waals surface area contributed by atoms with Gasteiger partial charge in [0.15, 0.2) is 11.5 Å². The number of rotatable bonds is 14. The lowest BCUT2D eigenvalue weighted by Gasteiger charge is -2.34. The summed E-state index contributed by atoms with van der Waals surface area (Å²) in [5.41, 5.74) is 1.15. The fourth-order valence-electron chi connectivity index (χ4n) is 5.03. The molecule has 13 heteroatoms. The van der Waals surface area contributed by atoms with Gasteiger partial charge in [-0.05, 0) is 67.9 Å². The number of sulfonamides is 1. The molecule has 0 bridgehead atoms. The molecule has 0 aliphatic heterocycles. The van der Waals surface area contributed by atoms with Gasteiger partial charge in [-0.3, -0.25) is 13.9 Å². The first-order chi connectivity index (χ1) is 22.8. The van der Waals surface area contributed by atoms with Gasteiger partial charge < -0.3 is 19.7 Å². The van der Waals surface area contributed by atoms with Gasteiger partial charge in [-0.15, -0.1) is 0 Å². The molecule has 0 fully saturated rings. The van der Waals surface area contributed by atoms with Crippen molar-refractivity contribution in [3.8, 4) is 11.5 Å². The van der Waals surface area contributed by atoms with Crippen LogP contribution in [0.4, 0.5) is 10.1 Å². The molecule has 1 unspecified atom stereocenters. The summed E-state index contributed by atoms with van der Waals surface area (Å²) < 4.78 is 54.1. The number of nitrogens with zero attached hydrogens (tertiary/aromatic N) is 2. The van der Waals surface area contributed by atoms with Gasteiger partial charge in [-0.2, -0.15) is 0 Å². The van der Waals surface area contributed by atoms with Gasteiger partial charge in [0, 0.05) is 40.7 Å². The van der Waals surface area contributed by atoms with E-state index in [2.05, 4.69) is 5.32 Å². The molecule has 1 atom stereocenters. The molecule has 4 aromatic rings. The lowest BCUT2D eigenvalue weighted by molar-refractivity contribution is -0.140. The number of amides is 2. The van der Waals surface area contributed by atoms with Crippen LogP contribution in [0.25, 0.3) is 0 Å². The number of hydrogen-bond donors (Lipinski definition) is 1. The highest BCUT2D eigenvalue weighted by atomic mass is 35.5. The van der Waals surface area contributed by atoms with Crippen molar-refractivity contribution in [2.24, 2.45) is 0 Å². The molecule has 1 N–H and O–H groups in total. The van der Waals surface area contributed by atoms with Crippen LogP contribution in [0.15, 0.2) is 95.9 Å². The summed E-state index contributed by atoms with van der Waals surface area (Å²) in [4.78, 5) is 29.5. The molecule has 4 rings (SSSR count). The Morgan fingerprint density at radius 1 is 0.854 bits per heavy atom. The van der Waals surface area contributed by atoms with Crippen LogP contribution >= 0.6 is 23.2 Å². The summed E-state index contributed by atoms with van der Waals surface area (Å²) >= 11 is 13.1. The first-order valence-electron chi connectivity index (χ1n) is 14.9. The summed E-state index contributed by atoms with van der Waals surface area (Å²) in [6.45, 7) is 2.61. The molecule has 4 aromatic carbocycles. The van der Waals surface area contributed by atoms with Crippen LogP contribution in [0.5, 0.6) is 11.5 Å². The average molecular weight is 717 g/mol. The van der Waals surface area contributed by atoms with Crippen LogP contribution in [-0.4, -0.2) is 58.0 Å². The van der Waals surface area contributed by atoms with Crippen LogP contribution in [0.3, 0.4) is 0 Å². The molecule has 9 nitrogen and oxygen atoms in total. The number of benzene rings is 4. The SMILES string of the molecule is COc1ccc(S(=O)(=O)N(CC(=O)N(Cc2c(Cl)cccc2Cl)C(Cc2ccccc2)C(=O)NC(C)C)c2ccc(F)cc2)cc1OC. The quantitative estimate of drug-likeness (QED) is 0.160. The second-order valence-electron chi connectivity index (χ2n) is 11.1. The molecule has 0 aliphatic rings. The number of hydrogen-bond acceptors (Lipinski definition) is 6. The monoisotopic (exact) mass is 715 g/mol. The Kier molecular flexibility index (Phi) is 12.3. The minimum absolute atomic E-state index is 0.0153. The highest BCUT2D eigenvalue weighted by molar-refractivity contribution is 7.92. The summed E-state index contributed by atoms with van der Waals surface area (Å²) in [6.07, 6.45) is 0.103. The van der Waals surface area contributed by atoms with Crippen LogP contribution in [0.2, 0.25) is 10.0 Å². The van der Waals surface area contributed by atoms with E-state index in [9.17, 15) is 22.4 Å². The molecule has 0 spiro atoms. The third kappa shape index (κ3) is 8.77. The van der Waals surface area contributed by atoms with E-state index in [1.54, 1.807) is 32.0 Å². The smallest absolute Gasteiger partial charge is 0.264 e. The van der Waals surface area contributed by atoms with Crippen LogP contribution < -0.4 is 19.1 Å². The molecule has 0 radical (unpaired) electrons. The number of carbonyl (C=O) groups excluding carboxylic acids is 2. The van der Waals surface area contributed by atoms with E-state index >= 15 is 0 Å². The molecule has 48 heavy (non-hydrogen) atoms. The van der Waals surface area contributed by atoms with E-state index in [1.165, 1.54) is 49.5 Å². The number of anilines is 1. The zero-order valence-electron chi connectivity index (χ0n) is 26.8. The molecule has 0 aromatic heterocycles. The molecule has 0 saturated carbocycles. The molecule has 0 aliphatic carbocycles. The predicted molar refractivity (Wildman–Crippen MR) is 185 cm³/mol. The maximum absolute atomic E-state index is 14.6. The lowest BCUT2D eigenvalue weighted by Crippen LogP contribution is -2.54. The molecule has 0 saturated heterocycles. The molecule has 2 amide bonds. The minimum Gasteiger partial charge on any atom is -0.493 e. The van der Waals surface area contributed by atoms with Crippen molar-refractivity contribution in [1.82, 2.24) is 10.2 Å². The molecule has 0 heterocycles. The van der Waals surface area contributed by atoms with Crippen LogP contribution in [-0.2, 0) is 32.6 Å². The lowest BCUT2D eigenvalue weighted by atomic mass is 10.0. The third-order valence-corrected chi connectivity index (χ3v) is 9.91. The van der Waals surface area contributed by atoms with Gasteiger partial charge in [0.1, 0.15) is 18.4 Å². The molecular weight excluding hydrogens is 680 g/mol. The Balaban J connectivity index is 1.86. The highest BCUT2D eigenvalue weighted by Crippen LogP contribution is 2.33. The summed E-state index contributed by atoms with van der Waals surface area (Å²) in [7, 11) is -1.71. The maximum atomic E-state index is 14.6. The number of halogens is 3. The summed E-state index contributed by atoms with van der Waals surface area (Å²) in [6, 6.07) is 21.3. The highest BCUT2D eigenvalue weighted by Gasteiger charge is 2.35. The van der Waals surface area contributed by atoms with Crippen molar-refractivity contribution >= 4 is 50.7 Å². The maximum Gasteiger partial charge on any atom is 0.264 e. The van der Waals surface area contributed by atoms with Crippen molar-refractivity contribution < 1.29 is 31.9 Å². The van der Waals surface area contributed by atoms with E-state index < -0.39 is 40.2 Å². The number of methoxy groups -OCH3 is 2. The van der Waals surface area contributed by atoms with Gasteiger partial charge in [0.05, 0.1) is 24.8 Å². The fraction of sp³-hybridized carbons (Fsp3) is 0.257. The second kappa shape index (κ2) is 16.2. The van der Waals surface area contributed by atoms with Crippen molar-refractivity contribution in [3.05, 3.63) is 118 Å². The van der Waals surface area contributed by atoms with Gasteiger partial charge in [-0.1, -0.05) is 59.6 Å². The summed E-state index contributed by atoms with van der Waals surface area (Å²) in [5.74, 6) is -1.35. The number of ether oxygens (including phenoxy) is 2. The predicted octanol–water partition coefficient (Wildman–Crippen LogP) is 6.51. The Hall–Kier alpha value is -4.32. The minimum atomic E-state index is -4.49. The van der Waals surface area contributed by atoms with E-state index in [1.807, 2.05) is 30.3 Å². The van der Waals surface area contributed by atoms with Crippen molar-refractivity contribution in [1.29, 1.82) is 0 Å². The Labute approximate surface area is 290 Å². The number of nitrogens with one attached hydrogen (secondary N) is 1. The average Bonchev–Trinajstić information content (AvgIpc) is 3.06. The zero-order valence-corrected chi connectivity index (χ0v) is 29.2. The second-order valence-corrected chi connectivity index (χ2v) is 13.8. The third-order valence-electron chi connectivity index (χ3n) is 7.43. The van der Waals surface area contributed by atoms with Crippen LogP contribution in [0, 0.1) is 5.82 Å². The normalized spacial score (nSPS) is 11.9. The van der Waals surface area contributed by atoms with Crippen molar-refractivity contribution in [2.75, 3.05) is 25.1 Å². The standard InChI is InChI=1S/C35H36Cl2FN3O6S/c1-23(2)39-35(43)31(19-24-9-6-5-7-10-24)40(21-28-29(36)11-8-12-30(28)37)34(42)22-41(26-15-13-25(38)14-16-26)48(44,45)27-17-18-32(46-3)33(20-27)47-4/h5-18,20,23,31H,19,21-22H2,1-4H3,(H,39,43). The Morgan fingerprint density at radius 2 is 1.48 bits per heavy atom. The van der Waals surface area contributed by atoms with Crippen LogP contribution in [0.1, 0.15) is 25.0 Å². The topological polar surface area (TPSA) is 105 Å². The largest absolute Gasteiger partial charge is 0.493 e. The van der Waals surface area contributed by atoms with E-state index in [-0.39, 0.29) is 45.4 Å². The fourth-order valence-corrected chi connectivity index (χ4v) is 6.98. The Morgan fingerprint density at radius 3 is 2.06 bits per heavy atom. The van der Waals surface area contributed by atoms with Crippen molar-refractivity contribution in [3.63, 3.8) is 0 Å².